The molecule has 2 atom stereocenters. The number of ether oxygens (including phenoxy) is 1. The van der Waals surface area contributed by atoms with E-state index in [1.165, 1.54) is 0 Å². The summed E-state index contributed by atoms with van der Waals surface area (Å²) < 4.78 is 10.8. The zero-order chi connectivity index (χ0) is 15.6. The first kappa shape index (κ1) is 16.0. The fourth-order valence-electron chi connectivity index (χ4n) is 2.48. The number of nitrogens with one attached hydrogen (secondary N) is 1. The fraction of sp³-hybridized carbons (Fsp3) is 0.733. The van der Waals surface area contributed by atoms with Crippen molar-refractivity contribution in [2.45, 2.75) is 52.2 Å². The Kier molecular flexibility index (Phi) is 4.68. The molecular weight excluding hydrogens is 270 g/mol. The van der Waals surface area contributed by atoms with Gasteiger partial charge in [-0.05, 0) is 13.8 Å². The second-order valence-electron chi connectivity index (χ2n) is 6.83. The molecule has 1 saturated heterocycles. The minimum absolute atomic E-state index is 0.0899. The van der Waals surface area contributed by atoms with Gasteiger partial charge in [0.1, 0.15) is 0 Å². The zero-order valence-electron chi connectivity index (χ0n) is 13.5. The Hall–Kier alpha value is -1.40. The van der Waals surface area contributed by atoms with E-state index in [0.29, 0.717) is 12.4 Å². The molecule has 1 fully saturated rings. The number of carbonyl (C=O) groups excluding carboxylic acids is 1. The van der Waals surface area contributed by atoms with Crippen LogP contribution in [0.5, 0.6) is 0 Å². The van der Waals surface area contributed by atoms with Crippen molar-refractivity contribution in [1.82, 2.24) is 10.1 Å². The zero-order valence-corrected chi connectivity index (χ0v) is 13.5. The maximum absolute atomic E-state index is 12.1. The van der Waals surface area contributed by atoms with Gasteiger partial charge in [-0.25, -0.2) is 0 Å². The summed E-state index contributed by atoms with van der Waals surface area (Å²) in [6.45, 7) is 12.1. The van der Waals surface area contributed by atoms with Crippen LogP contribution in [0.1, 0.15) is 40.3 Å². The summed E-state index contributed by atoms with van der Waals surface area (Å²) in [6, 6.07) is 1.78. The molecule has 1 aromatic heterocycles. The van der Waals surface area contributed by atoms with Crippen molar-refractivity contribution in [2.75, 3.05) is 25.0 Å². The molecule has 0 radical (unpaired) electrons. The highest BCUT2D eigenvalue weighted by Gasteiger charge is 2.24. The normalized spacial score (nSPS) is 24.0. The molecule has 0 aromatic carbocycles. The van der Waals surface area contributed by atoms with Crippen LogP contribution in [-0.2, 0) is 14.9 Å². The number of amides is 1. The van der Waals surface area contributed by atoms with Crippen molar-refractivity contribution >= 4 is 11.8 Å². The Labute approximate surface area is 125 Å². The van der Waals surface area contributed by atoms with Crippen molar-refractivity contribution in [2.24, 2.45) is 0 Å². The van der Waals surface area contributed by atoms with Gasteiger partial charge in [-0.15, -0.1) is 0 Å². The third-order valence-corrected chi connectivity index (χ3v) is 3.40. The highest BCUT2D eigenvalue weighted by molar-refractivity contribution is 5.91. The number of anilines is 1. The Morgan fingerprint density at radius 1 is 1.38 bits per heavy atom. The molecule has 1 aromatic rings. The van der Waals surface area contributed by atoms with E-state index in [9.17, 15) is 4.79 Å². The predicted molar refractivity (Wildman–Crippen MR) is 80.3 cm³/mol. The Bertz CT molecular complexity index is 483. The highest BCUT2D eigenvalue weighted by atomic mass is 16.5. The van der Waals surface area contributed by atoms with Crippen molar-refractivity contribution in [3.63, 3.8) is 0 Å². The van der Waals surface area contributed by atoms with Gasteiger partial charge in [-0.2, -0.15) is 0 Å². The van der Waals surface area contributed by atoms with Gasteiger partial charge in [0.15, 0.2) is 0 Å². The van der Waals surface area contributed by atoms with Crippen LogP contribution in [-0.4, -0.2) is 47.8 Å². The summed E-state index contributed by atoms with van der Waals surface area (Å²) in [5.74, 6) is 0.312. The fourth-order valence-corrected chi connectivity index (χ4v) is 2.48. The molecule has 1 amide bonds. The minimum atomic E-state index is -0.0957. The molecule has 0 spiro atoms. The van der Waals surface area contributed by atoms with E-state index < -0.39 is 0 Å². The lowest BCUT2D eigenvalue weighted by molar-refractivity contribution is -0.121. The Balaban J connectivity index is 1.88. The van der Waals surface area contributed by atoms with Crippen molar-refractivity contribution in [3.05, 3.63) is 11.8 Å². The van der Waals surface area contributed by atoms with Gasteiger partial charge >= 0.3 is 0 Å². The van der Waals surface area contributed by atoms with Gasteiger partial charge < -0.3 is 9.26 Å². The van der Waals surface area contributed by atoms with Crippen LogP contribution >= 0.6 is 0 Å². The number of carbonyl (C=O) groups is 1. The number of morpholine rings is 1. The Morgan fingerprint density at radius 3 is 2.52 bits per heavy atom. The molecule has 2 rings (SSSR count). The summed E-state index contributed by atoms with van der Waals surface area (Å²) in [5.41, 5.74) is 0.730. The van der Waals surface area contributed by atoms with Crippen LogP contribution in [0.4, 0.5) is 5.88 Å². The van der Waals surface area contributed by atoms with Crippen molar-refractivity contribution < 1.29 is 14.1 Å². The number of nitrogens with zero attached hydrogens (tertiary/aromatic N) is 2. The van der Waals surface area contributed by atoms with Crippen molar-refractivity contribution in [3.8, 4) is 0 Å². The standard InChI is InChI=1S/C15H25N3O3/c1-10-7-18(8-11(2)20-10)9-13(19)16-14-6-12(17-21-14)15(3,4)5/h6,10-11H,7-9H2,1-5H3,(H,16,19)/t10-,11-/m0/s1. The molecule has 118 valence electrons. The molecule has 0 unspecified atom stereocenters. The van der Waals surface area contributed by atoms with E-state index >= 15 is 0 Å². The number of rotatable bonds is 3. The molecule has 2 heterocycles. The highest BCUT2D eigenvalue weighted by Crippen LogP contribution is 2.23. The third kappa shape index (κ3) is 4.54. The van der Waals surface area contributed by atoms with Crippen LogP contribution in [0.2, 0.25) is 0 Å². The van der Waals surface area contributed by atoms with Crippen molar-refractivity contribution in [1.29, 1.82) is 0 Å². The van der Waals surface area contributed by atoms with Gasteiger partial charge in [0.25, 0.3) is 0 Å². The van der Waals surface area contributed by atoms with Crippen LogP contribution in [0.3, 0.4) is 0 Å². The van der Waals surface area contributed by atoms with Gasteiger partial charge in [-0.1, -0.05) is 25.9 Å². The molecule has 1 aliphatic rings. The predicted octanol–water partition coefficient (Wildman–Crippen LogP) is 2.02. The summed E-state index contributed by atoms with van der Waals surface area (Å²) >= 11 is 0. The monoisotopic (exact) mass is 295 g/mol. The second-order valence-corrected chi connectivity index (χ2v) is 6.83. The minimum Gasteiger partial charge on any atom is -0.373 e. The average Bonchev–Trinajstić information content (AvgIpc) is 2.75. The first-order chi connectivity index (χ1) is 9.74. The van der Waals surface area contributed by atoms with E-state index in [-0.39, 0.29) is 23.5 Å². The average molecular weight is 295 g/mol. The molecule has 0 saturated carbocycles. The van der Waals surface area contributed by atoms with Gasteiger partial charge in [0.2, 0.25) is 11.8 Å². The molecule has 1 N–H and O–H groups in total. The quantitative estimate of drug-likeness (QED) is 0.924. The van der Waals surface area contributed by atoms with E-state index in [4.69, 9.17) is 9.26 Å². The van der Waals surface area contributed by atoms with E-state index in [1.54, 1.807) is 6.07 Å². The van der Waals surface area contributed by atoms with Gasteiger partial charge in [0, 0.05) is 24.6 Å². The number of hydrogen-bond donors (Lipinski definition) is 1. The summed E-state index contributed by atoms with van der Waals surface area (Å²) in [6.07, 6.45) is 0.304. The van der Waals surface area contributed by atoms with Gasteiger partial charge in [0.05, 0.1) is 24.4 Å². The molecule has 6 heteroatoms. The lowest BCUT2D eigenvalue weighted by Gasteiger charge is -2.34. The van der Waals surface area contributed by atoms with Gasteiger partial charge in [-0.3, -0.25) is 15.0 Å². The third-order valence-electron chi connectivity index (χ3n) is 3.40. The van der Waals surface area contributed by atoms with E-state index in [1.807, 2.05) is 34.6 Å². The van der Waals surface area contributed by atoms with E-state index in [2.05, 4.69) is 15.4 Å². The maximum Gasteiger partial charge on any atom is 0.240 e. The molecule has 6 nitrogen and oxygen atoms in total. The number of hydrogen-bond acceptors (Lipinski definition) is 5. The lowest BCUT2D eigenvalue weighted by atomic mass is 9.92. The summed E-state index contributed by atoms with van der Waals surface area (Å²) in [7, 11) is 0. The summed E-state index contributed by atoms with van der Waals surface area (Å²) in [4.78, 5) is 14.2. The SMILES string of the molecule is C[C@H]1CN(CC(=O)Nc2cc(C(C)(C)C)no2)C[C@H](C)O1. The molecular formula is C15H25N3O3. The van der Waals surface area contributed by atoms with E-state index in [0.717, 1.165) is 18.8 Å². The molecule has 1 aliphatic heterocycles. The number of aromatic nitrogens is 1. The maximum atomic E-state index is 12.1. The smallest absolute Gasteiger partial charge is 0.240 e. The second kappa shape index (κ2) is 6.15. The topological polar surface area (TPSA) is 67.6 Å². The molecule has 0 aliphatic carbocycles. The molecule has 21 heavy (non-hydrogen) atoms. The largest absolute Gasteiger partial charge is 0.373 e. The van der Waals surface area contributed by atoms with Crippen LogP contribution in [0.25, 0.3) is 0 Å². The van der Waals surface area contributed by atoms with Crippen LogP contribution in [0, 0.1) is 0 Å². The first-order valence-electron chi connectivity index (χ1n) is 7.39. The van der Waals surface area contributed by atoms with Crippen LogP contribution in [0.15, 0.2) is 10.6 Å². The summed E-state index contributed by atoms with van der Waals surface area (Å²) in [5, 5.41) is 6.75. The molecule has 0 bridgehead atoms. The Morgan fingerprint density at radius 2 is 2.00 bits per heavy atom. The van der Waals surface area contributed by atoms with Crippen LogP contribution < -0.4 is 5.32 Å². The lowest BCUT2D eigenvalue weighted by Crippen LogP contribution is -2.48. The first-order valence-corrected chi connectivity index (χ1v) is 7.39.